The van der Waals surface area contributed by atoms with Crippen LogP contribution in [-0.4, -0.2) is 74.0 Å². The molecule has 5 heteroatoms. The Labute approximate surface area is 102 Å². The Morgan fingerprint density at radius 1 is 1.56 bits per heavy atom. The summed E-state index contributed by atoms with van der Waals surface area (Å²) in [5, 5.41) is 10.5. The van der Waals surface area contributed by atoms with Gasteiger partial charge in [0.1, 0.15) is 0 Å². The molecule has 4 nitrogen and oxygen atoms in total. The van der Waals surface area contributed by atoms with Gasteiger partial charge in [-0.1, -0.05) is 18.2 Å². The molecule has 0 amide bonds. The van der Waals surface area contributed by atoms with Crippen molar-refractivity contribution in [2.24, 2.45) is 0 Å². The van der Waals surface area contributed by atoms with Gasteiger partial charge in [-0.25, -0.2) is 0 Å². The minimum Gasteiger partial charge on any atom is -0.390 e. The maximum absolute atomic E-state index is 9.89. The number of halogens is 1. The summed E-state index contributed by atoms with van der Waals surface area (Å²) in [6.45, 7) is 8.90. The van der Waals surface area contributed by atoms with Gasteiger partial charge in [0.25, 0.3) is 0 Å². The van der Waals surface area contributed by atoms with Crippen molar-refractivity contribution in [2.45, 2.75) is 6.10 Å². The predicted molar refractivity (Wildman–Crippen MR) is 65.8 cm³/mol. The molecule has 1 N–H and O–H groups in total. The van der Waals surface area contributed by atoms with Gasteiger partial charge in [0, 0.05) is 37.8 Å². The summed E-state index contributed by atoms with van der Waals surface area (Å²) < 4.78 is 5.25. The molecular weight excluding hydrogens is 228 g/mol. The molecule has 0 spiro atoms. The van der Waals surface area contributed by atoms with E-state index in [1.165, 1.54) is 0 Å². The molecule has 0 radical (unpaired) electrons. The van der Waals surface area contributed by atoms with Crippen molar-refractivity contribution < 1.29 is 9.84 Å². The third kappa shape index (κ3) is 5.82. The lowest BCUT2D eigenvalue weighted by Gasteiger charge is -2.30. The van der Waals surface area contributed by atoms with E-state index >= 15 is 0 Å². The van der Waals surface area contributed by atoms with Crippen LogP contribution in [0.1, 0.15) is 0 Å². The third-order valence-electron chi connectivity index (χ3n) is 2.54. The predicted octanol–water partition coefficient (Wildman–Crippen LogP) is 0.364. The molecule has 1 aliphatic heterocycles. The van der Waals surface area contributed by atoms with Crippen LogP contribution in [0.15, 0.2) is 11.6 Å². The summed E-state index contributed by atoms with van der Waals surface area (Å²) in [6.07, 6.45) is -0.348. The van der Waals surface area contributed by atoms with E-state index in [4.69, 9.17) is 16.3 Å². The second kappa shape index (κ2) is 7.25. The summed E-state index contributed by atoms with van der Waals surface area (Å²) >= 11 is 5.70. The number of morpholine rings is 1. The summed E-state index contributed by atoms with van der Waals surface area (Å²) in [6, 6.07) is 0. The first-order valence-electron chi connectivity index (χ1n) is 5.58. The van der Waals surface area contributed by atoms with Crippen LogP contribution in [0.3, 0.4) is 0 Å². The number of ether oxygens (including phenoxy) is 1. The zero-order chi connectivity index (χ0) is 12.0. The number of rotatable bonds is 6. The van der Waals surface area contributed by atoms with Gasteiger partial charge in [-0.15, -0.1) is 0 Å². The van der Waals surface area contributed by atoms with E-state index in [-0.39, 0.29) is 6.10 Å². The summed E-state index contributed by atoms with van der Waals surface area (Å²) in [5.74, 6) is 0. The SMILES string of the molecule is C=C(Cl)CN(C)CC(O)CN1CCOCC1. The van der Waals surface area contributed by atoms with Gasteiger partial charge in [-0.3, -0.25) is 9.80 Å². The van der Waals surface area contributed by atoms with Crippen LogP contribution in [0, 0.1) is 0 Å². The number of likely N-dealkylation sites (N-methyl/N-ethyl adjacent to an activating group) is 1. The van der Waals surface area contributed by atoms with E-state index in [1.54, 1.807) is 0 Å². The van der Waals surface area contributed by atoms with Crippen LogP contribution in [0.4, 0.5) is 0 Å². The summed E-state index contributed by atoms with van der Waals surface area (Å²) in [7, 11) is 1.93. The summed E-state index contributed by atoms with van der Waals surface area (Å²) in [5.41, 5.74) is 0. The van der Waals surface area contributed by atoms with Crippen LogP contribution in [0.2, 0.25) is 0 Å². The van der Waals surface area contributed by atoms with E-state index in [1.807, 2.05) is 11.9 Å². The van der Waals surface area contributed by atoms with Crippen molar-refractivity contribution in [3.8, 4) is 0 Å². The van der Waals surface area contributed by atoms with Gasteiger partial charge in [-0.2, -0.15) is 0 Å². The van der Waals surface area contributed by atoms with Crippen molar-refractivity contribution in [3.63, 3.8) is 0 Å². The fraction of sp³-hybridized carbons (Fsp3) is 0.818. The monoisotopic (exact) mass is 248 g/mol. The zero-order valence-electron chi connectivity index (χ0n) is 9.86. The van der Waals surface area contributed by atoms with Crippen LogP contribution in [-0.2, 0) is 4.74 Å². The molecule has 94 valence electrons. The maximum Gasteiger partial charge on any atom is 0.0793 e. The van der Waals surface area contributed by atoms with Crippen LogP contribution in [0.5, 0.6) is 0 Å². The fourth-order valence-electron chi connectivity index (χ4n) is 1.86. The highest BCUT2D eigenvalue weighted by Gasteiger charge is 2.16. The smallest absolute Gasteiger partial charge is 0.0793 e. The molecule has 1 rings (SSSR count). The molecule has 0 aromatic heterocycles. The Kier molecular flexibility index (Phi) is 6.31. The molecule has 1 heterocycles. The van der Waals surface area contributed by atoms with E-state index < -0.39 is 0 Å². The highest BCUT2D eigenvalue weighted by molar-refractivity contribution is 6.29. The molecule has 0 aliphatic carbocycles. The number of β-amino-alcohol motifs (C(OH)–C–C–N with tert-alkyl or cyclic N) is 1. The van der Waals surface area contributed by atoms with Crippen molar-refractivity contribution in [3.05, 3.63) is 11.6 Å². The van der Waals surface area contributed by atoms with Gasteiger partial charge in [0.2, 0.25) is 0 Å². The molecular formula is C11H21ClN2O2. The standard InChI is InChI=1S/C11H21ClN2O2/c1-10(12)7-13(2)8-11(15)9-14-3-5-16-6-4-14/h11,15H,1,3-9H2,2H3. The second-order valence-electron chi connectivity index (χ2n) is 4.28. The second-order valence-corrected chi connectivity index (χ2v) is 4.82. The molecule has 0 aromatic rings. The number of aliphatic hydroxyl groups is 1. The molecule has 0 bridgehead atoms. The van der Waals surface area contributed by atoms with E-state index in [2.05, 4.69) is 11.5 Å². The van der Waals surface area contributed by atoms with E-state index in [0.717, 1.165) is 26.3 Å². The van der Waals surface area contributed by atoms with Gasteiger partial charge >= 0.3 is 0 Å². The molecule has 16 heavy (non-hydrogen) atoms. The highest BCUT2D eigenvalue weighted by atomic mass is 35.5. The van der Waals surface area contributed by atoms with Crippen molar-refractivity contribution in [1.82, 2.24) is 9.80 Å². The van der Waals surface area contributed by atoms with Gasteiger partial charge in [-0.05, 0) is 7.05 Å². The molecule has 1 aliphatic rings. The van der Waals surface area contributed by atoms with Gasteiger partial charge in [0.15, 0.2) is 0 Å². The van der Waals surface area contributed by atoms with Crippen LogP contribution < -0.4 is 0 Å². The molecule has 0 saturated carbocycles. The largest absolute Gasteiger partial charge is 0.390 e. The van der Waals surface area contributed by atoms with Crippen LogP contribution >= 0.6 is 11.6 Å². The first kappa shape index (κ1) is 13.9. The minimum atomic E-state index is -0.348. The molecule has 1 fully saturated rings. The maximum atomic E-state index is 9.89. The quantitative estimate of drug-likeness (QED) is 0.737. The number of hydrogen-bond acceptors (Lipinski definition) is 4. The average molecular weight is 249 g/mol. The van der Waals surface area contributed by atoms with E-state index in [9.17, 15) is 5.11 Å². The first-order chi connectivity index (χ1) is 7.58. The first-order valence-corrected chi connectivity index (χ1v) is 5.95. The molecule has 1 unspecified atom stereocenters. The van der Waals surface area contributed by atoms with Gasteiger partial charge < -0.3 is 9.84 Å². The summed E-state index contributed by atoms with van der Waals surface area (Å²) in [4.78, 5) is 4.19. The zero-order valence-corrected chi connectivity index (χ0v) is 10.6. The molecule has 0 aromatic carbocycles. The Hall–Kier alpha value is -0.130. The minimum absolute atomic E-state index is 0.348. The third-order valence-corrected chi connectivity index (χ3v) is 2.66. The number of aliphatic hydroxyl groups excluding tert-OH is 1. The van der Waals surface area contributed by atoms with Crippen molar-refractivity contribution in [2.75, 3.05) is 53.0 Å². The van der Waals surface area contributed by atoms with Crippen LogP contribution in [0.25, 0.3) is 0 Å². The normalized spacial score (nSPS) is 20.0. The lowest BCUT2D eigenvalue weighted by atomic mass is 10.3. The van der Waals surface area contributed by atoms with Gasteiger partial charge in [0.05, 0.1) is 19.3 Å². The van der Waals surface area contributed by atoms with Crippen molar-refractivity contribution in [1.29, 1.82) is 0 Å². The lowest BCUT2D eigenvalue weighted by Crippen LogP contribution is -2.44. The number of hydrogen-bond donors (Lipinski definition) is 1. The van der Waals surface area contributed by atoms with Crippen molar-refractivity contribution >= 4 is 11.6 Å². The topological polar surface area (TPSA) is 35.9 Å². The average Bonchev–Trinajstić information content (AvgIpc) is 2.17. The number of nitrogens with zero attached hydrogens (tertiary/aromatic N) is 2. The molecule has 1 atom stereocenters. The lowest BCUT2D eigenvalue weighted by molar-refractivity contribution is 0.00931. The molecule has 1 saturated heterocycles. The fourth-order valence-corrected chi connectivity index (χ4v) is 2.06. The highest BCUT2D eigenvalue weighted by Crippen LogP contribution is 2.03. The Morgan fingerprint density at radius 2 is 2.19 bits per heavy atom. The Bertz CT molecular complexity index is 220. The van der Waals surface area contributed by atoms with E-state index in [0.29, 0.717) is 24.7 Å². The Balaban J connectivity index is 2.18. The Morgan fingerprint density at radius 3 is 2.75 bits per heavy atom.